The van der Waals surface area contributed by atoms with Crippen LogP contribution in [0.5, 0.6) is 0 Å². The summed E-state index contributed by atoms with van der Waals surface area (Å²) in [6, 6.07) is 7.78. The summed E-state index contributed by atoms with van der Waals surface area (Å²) in [7, 11) is 1.27. The van der Waals surface area contributed by atoms with Gasteiger partial charge in [0.05, 0.1) is 12.7 Å². The van der Waals surface area contributed by atoms with Crippen LogP contribution in [-0.4, -0.2) is 30.0 Å². The first-order valence-electron chi connectivity index (χ1n) is 7.25. The fourth-order valence-corrected chi connectivity index (χ4v) is 2.69. The second kappa shape index (κ2) is 7.11. The number of ether oxygens (including phenoxy) is 1. The Kier molecular flexibility index (Phi) is 4.88. The highest BCUT2D eigenvalue weighted by Gasteiger charge is 2.26. The third-order valence-corrected chi connectivity index (χ3v) is 3.95. The topological polar surface area (TPSA) is 97.6 Å². The lowest BCUT2D eigenvalue weighted by Crippen LogP contribution is -2.51. The van der Waals surface area contributed by atoms with Crippen molar-refractivity contribution in [2.45, 2.75) is 0 Å². The van der Waals surface area contributed by atoms with Crippen molar-refractivity contribution in [1.82, 2.24) is 10.6 Å². The maximum atomic E-state index is 11.9. The van der Waals surface area contributed by atoms with Gasteiger partial charge < -0.3 is 9.15 Å². The van der Waals surface area contributed by atoms with Gasteiger partial charge in [0.2, 0.25) is 0 Å². The number of nitrogens with one attached hydrogen (secondary N) is 2. The van der Waals surface area contributed by atoms with Gasteiger partial charge in [-0.25, -0.2) is 4.79 Å². The first-order valence-corrected chi connectivity index (χ1v) is 8.04. The van der Waals surface area contributed by atoms with Crippen LogP contribution in [0, 0.1) is 0 Å². The minimum absolute atomic E-state index is 0.0565. The molecule has 0 radical (unpaired) electrons. The highest BCUT2D eigenvalue weighted by molar-refractivity contribution is 7.80. The van der Waals surface area contributed by atoms with Crippen molar-refractivity contribution in [3.8, 4) is 11.3 Å². The highest BCUT2D eigenvalue weighted by Crippen LogP contribution is 2.30. The molecular weight excluding hydrogens is 380 g/mol. The zero-order valence-electron chi connectivity index (χ0n) is 13.3. The van der Waals surface area contributed by atoms with Crippen molar-refractivity contribution in [3.05, 3.63) is 52.3 Å². The SMILES string of the molecule is COC(=O)c1ccc(Cl)cc1-c1ccc(C=C2C(=O)NC(=S)NC2=O)o1. The van der Waals surface area contributed by atoms with E-state index in [9.17, 15) is 14.4 Å². The summed E-state index contributed by atoms with van der Waals surface area (Å²) in [4.78, 5) is 35.7. The maximum Gasteiger partial charge on any atom is 0.338 e. The molecule has 1 fully saturated rings. The fourth-order valence-electron chi connectivity index (χ4n) is 2.33. The number of hydrogen-bond donors (Lipinski definition) is 2. The average Bonchev–Trinajstić information content (AvgIpc) is 3.06. The predicted octanol–water partition coefficient (Wildman–Crippen LogP) is 2.30. The molecule has 1 saturated heterocycles. The first kappa shape index (κ1) is 17.8. The number of amides is 2. The fraction of sp³-hybridized carbons (Fsp3) is 0.0588. The summed E-state index contributed by atoms with van der Waals surface area (Å²) in [6.45, 7) is 0. The van der Waals surface area contributed by atoms with E-state index in [0.29, 0.717) is 16.3 Å². The number of hydrogen-bond acceptors (Lipinski definition) is 6. The lowest BCUT2D eigenvalue weighted by Gasteiger charge is -2.15. The molecule has 0 bridgehead atoms. The molecule has 1 aliphatic rings. The number of rotatable bonds is 3. The lowest BCUT2D eigenvalue weighted by molar-refractivity contribution is -0.123. The molecule has 7 nitrogen and oxygen atoms in total. The van der Waals surface area contributed by atoms with Gasteiger partial charge in [0.1, 0.15) is 17.1 Å². The van der Waals surface area contributed by atoms with E-state index in [1.807, 2.05) is 0 Å². The largest absolute Gasteiger partial charge is 0.465 e. The molecule has 2 amide bonds. The monoisotopic (exact) mass is 390 g/mol. The van der Waals surface area contributed by atoms with Crippen molar-refractivity contribution in [2.24, 2.45) is 0 Å². The van der Waals surface area contributed by atoms with Gasteiger partial charge in [-0.3, -0.25) is 20.2 Å². The van der Waals surface area contributed by atoms with Crippen molar-refractivity contribution in [2.75, 3.05) is 7.11 Å². The third kappa shape index (κ3) is 3.51. The molecule has 0 unspecified atom stereocenters. The number of methoxy groups -OCH3 is 1. The van der Waals surface area contributed by atoms with Gasteiger partial charge in [0.15, 0.2) is 5.11 Å². The molecule has 1 aromatic carbocycles. The van der Waals surface area contributed by atoms with E-state index in [1.54, 1.807) is 24.3 Å². The Labute approximate surface area is 158 Å². The van der Waals surface area contributed by atoms with E-state index in [4.69, 9.17) is 33.0 Å². The van der Waals surface area contributed by atoms with Crippen LogP contribution >= 0.6 is 23.8 Å². The molecule has 132 valence electrons. The Balaban J connectivity index is 1.99. The van der Waals surface area contributed by atoms with Crippen LogP contribution in [0.15, 0.2) is 40.3 Å². The smallest absolute Gasteiger partial charge is 0.338 e. The van der Waals surface area contributed by atoms with Crippen LogP contribution in [-0.2, 0) is 14.3 Å². The number of esters is 1. The van der Waals surface area contributed by atoms with Crippen LogP contribution in [0.25, 0.3) is 17.4 Å². The molecule has 26 heavy (non-hydrogen) atoms. The van der Waals surface area contributed by atoms with E-state index < -0.39 is 17.8 Å². The first-order chi connectivity index (χ1) is 12.4. The third-order valence-electron chi connectivity index (χ3n) is 3.51. The number of carbonyl (C=O) groups excluding carboxylic acids is 3. The molecule has 1 aliphatic heterocycles. The number of furan rings is 1. The van der Waals surface area contributed by atoms with Crippen molar-refractivity contribution < 1.29 is 23.5 Å². The van der Waals surface area contributed by atoms with E-state index in [1.165, 1.54) is 19.3 Å². The quantitative estimate of drug-likeness (QED) is 0.361. The second-order valence-corrected chi connectivity index (χ2v) is 6.02. The Hall–Kier alpha value is -2.97. The molecule has 9 heteroatoms. The highest BCUT2D eigenvalue weighted by atomic mass is 35.5. The van der Waals surface area contributed by atoms with E-state index >= 15 is 0 Å². The molecule has 0 atom stereocenters. The molecule has 0 saturated carbocycles. The molecular formula is C17H11ClN2O5S. The zero-order valence-corrected chi connectivity index (χ0v) is 14.9. The van der Waals surface area contributed by atoms with Gasteiger partial charge in [-0.1, -0.05) is 11.6 Å². The summed E-state index contributed by atoms with van der Waals surface area (Å²) in [5, 5.41) is 5.01. The average molecular weight is 391 g/mol. The standard InChI is InChI=1S/C17H11ClN2O5S/c1-24-16(23)10-4-2-8(18)6-11(10)13-5-3-9(25-13)7-12-14(21)19-17(26)20-15(12)22/h2-7H,1H3,(H2,19,20,21,22,26). The van der Waals surface area contributed by atoms with E-state index in [2.05, 4.69) is 10.6 Å². The normalized spacial score (nSPS) is 13.9. The van der Waals surface area contributed by atoms with Gasteiger partial charge in [-0.15, -0.1) is 0 Å². The Morgan fingerprint density at radius 1 is 1.19 bits per heavy atom. The summed E-state index contributed by atoms with van der Waals surface area (Å²) in [5.41, 5.74) is 0.537. The summed E-state index contributed by atoms with van der Waals surface area (Å²) in [6.07, 6.45) is 1.28. The molecule has 3 rings (SSSR count). The second-order valence-electron chi connectivity index (χ2n) is 5.18. The Morgan fingerprint density at radius 2 is 1.88 bits per heavy atom. The van der Waals surface area contributed by atoms with E-state index in [-0.39, 0.29) is 22.0 Å². The van der Waals surface area contributed by atoms with Gasteiger partial charge >= 0.3 is 5.97 Å². The zero-order chi connectivity index (χ0) is 18.8. The minimum atomic E-state index is -0.630. The number of halogens is 1. The maximum absolute atomic E-state index is 11.9. The number of benzene rings is 1. The molecule has 1 aromatic heterocycles. The Bertz CT molecular complexity index is 957. The van der Waals surface area contributed by atoms with Crippen molar-refractivity contribution >= 4 is 52.8 Å². The Morgan fingerprint density at radius 3 is 2.54 bits per heavy atom. The summed E-state index contributed by atoms with van der Waals surface area (Å²) >= 11 is 10.7. The molecule has 0 aliphatic carbocycles. The van der Waals surface area contributed by atoms with Crippen LogP contribution in [0.2, 0.25) is 5.02 Å². The van der Waals surface area contributed by atoms with Crippen LogP contribution < -0.4 is 10.6 Å². The van der Waals surface area contributed by atoms with Crippen LogP contribution in [0.3, 0.4) is 0 Å². The number of thiocarbonyl (C=S) groups is 1. The van der Waals surface area contributed by atoms with Crippen LogP contribution in [0.4, 0.5) is 0 Å². The number of carbonyl (C=O) groups is 3. The van der Waals surface area contributed by atoms with Crippen molar-refractivity contribution in [1.29, 1.82) is 0 Å². The summed E-state index contributed by atoms with van der Waals surface area (Å²) < 4.78 is 10.4. The van der Waals surface area contributed by atoms with Crippen molar-refractivity contribution in [3.63, 3.8) is 0 Å². The molecule has 0 spiro atoms. The van der Waals surface area contributed by atoms with Gasteiger partial charge in [0.25, 0.3) is 11.8 Å². The van der Waals surface area contributed by atoms with Crippen LogP contribution in [0.1, 0.15) is 16.1 Å². The molecule has 2 N–H and O–H groups in total. The van der Waals surface area contributed by atoms with Gasteiger partial charge in [-0.05, 0) is 48.6 Å². The molecule has 2 heterocycles. The van der Waals surface area contributed by atoms with Gasteiger partial charge in [-0.2, -0.15) is 0 Å². The minimum Gasteiger partial charge on any atom is -0.465 e. The van der Waals surface area contributed by atoms with Gasteiger partial charge in [0, 0.05) is 10.6 Å². The van der Waals surface area contributed by atoms with E-state index in [0.717, 1.165) is 0 Å². The predicted molar refractivity (Wildman–Crippen MR) is 97.4 cm³/mol. The summed E-state index contributed by atoms with van der Waals surface area (Å²) in [5.74, 6) is -1.24. The molecule has 2 aromatic rings. The lowest BCUT2D eigenvalue weighted by atomic mass is 10.1.